The molecule has 0 fully saturated rings. The van der Waals surface area contributed by atoms with E-state index in [9.17, 15) is 14.0 Å². The average Bonchev–Trinajstić information content (AvgIpc) is 3.17. The van der Waals surface area contributed by atoms with Gasteiger partial charge in [0.2, 0.25) is 0 Å². The maximum absolute atomic E-state index is 14.1. The van der Waals surface area contributed by atoms with Gasteiger partial charge in [-0.15, -0.1) is 6.58 Å². The second kappa shape index (κ2) is 7.23. The van der Waals surface area contributed by atoms with Crippen molar-refractivity contribution in [3.05, 3.63) is 84.3 Å². The van der Waals surface area contributed by atoms with Crippen LogP contribution in [0, 0.1) is 5.82 Å². The number of carbonyl (C=O) groups is 2. The van der Waals surface area contributed by atoms with Crippen molar-refractivity contribution in [1.29, 1.82) is 0 Å². The van der Waals surface area contributed by atoms with Crippen LogP contribution in [0.15, 0.2) is 72.4 Å². The van der Waals surface area contributed by atoms with Gasteiger partial charge in [0, 0.05) is 35.6 Å². The smallest absolute Gasteiger partial charge is 0.343 e. The van der Waals surface area contributed by atoms with Crippen molar-refractivity contribution in [1.82, 2.24) is 9.47 Å². The summed E-state index contributed by atoms with van der Waals surface area (Å²) in [6, 6.07) is 13.8. The molecule has 1 aliphatic rings. The van der Waals surface area contributed by atoms with Crippen LogP contribution in [0.25, 0.3) is 10.9 Å². The molecule has 0 atom stereocenters. The van der Waals surface area contributed by atoms with E-state index in [2.05, 4.69) is 11.6 Å². The lowest BCUT2D eigenvalue weighted by Gasteiger charge is -2.09. The zero-order valence-electron chi connectivity index (χ0n) is 15.1. The van der Waals surface area contributed by atoms with Gasteiger partial charge in [-0.2, -0.15) is 4.99 Å². The van der Waals surface area contributed by atoms with E-state index >= 15 is 0 Å². The summed E-state index contributed by atoms with van der Waals surface area (Å²) in [6.45, 7) is 4.07. The number of rotatable bonds is 6. The Bertz CT molecular complexity index is 1130. The van der Waals surface area contributed by atoms with Crippen molar-refractivity contribution in [2.45, 2.75) is 13.0 Å². The van der Waals surface area contributed by atoms with Gasteiger partial charge < -0.3 is 4.57 Å². The molecular formula is C22H18FN3O2. The Hall–Kier alpha value is -3.54. The van der Waals surface area contributed by atoms with Gasteiger partial charge in [-0.05, 0) is 17.7 Å². The van der Waals surface area contributed by atoms with Gasteiger partial charge in [-0.3, -0.25) is 9.69 Å². The summed E-state index contributed by atoms with van der Waals surface area (Å²) in [5.41, 5.74) is 2.59. The molecular weight excluding hydrogens is 357 g/mol. The van der Waals surface area contributed by atoms with Crippen LogP contribution in [0.2, 0.25) is 0 Å². The molecule has 1 aliphatic heterocycles. The molecule has 0 bridgehead atoms. The second-order valence-corrected chi connectivity index (χ2v) is 6.61. The highest BCUT2D eigenvalue weighted by Crippen LogP contribution is 2.25. The summed E-state index contributed by atoms with van der Waals surface area (Å²) < 4.78 is 16.0. The first kappa shape index (κ1) is 17.9. The lowest BCUT2D eigenvalue weighted by atomic mass is 10.1. The third-order valence-electron chi connectivity index (χ3n) is 4.79. The van der Waals surface area contributed by atoms with Crippen LogP contribution in [0.5, 0.6) is 0 Å². The number of carbonyl (C=O) groups excluding carboxylic acids is 2. The molecule has 0 saturated carbocycles. The van der Waals surface area contributed by atoms with E-state index in [1.807, 2.05) is 35.0 Å². The molecule has 0 aliphatic carbocycles. The molecule has 2 aromatic carbocycles. The number of nitrogens with zero attached hydrogens (tertiary/aromatic N) is 3. The van der Waals surface area contributed by atoms with Crippen molar-refractivity contribution >= 4 is 28.6 Å². The highest BCUT2D eigenvalue weighted by atomic mass is 19.1. The van der Waals surface area contributed by atoms with Gasteiger partial charge in [-0.1, -0.05) is 42.5 Å². The summed E-state index contributed by atoms with van der Waals surface area (Å²) in [6.07, 6.45) is 3.63. The van der Waals surface area contributed by atoms with Crippen molar-refractivity contribution in [2.75, 3.05) is 6.54 Å². The zero-order valence-corrected chi connectivity index (χ0v) is 15.1. The number of hydrogen-bond donors (Lipinski definition) is 0. The van der Waals surface area contributed by atoms with Crippen LogP contribution in [0.3, 0.4) is 0 Å². The lowest BCUT2D eigenvalue weighted by molar-refractivity contribution is -0.120. The Morgan fingerprint density at radius 1 is 1.04 bits per heavy atom. The highest BCUT2D eigenvalue weighted by Gasteiger charge is 2.32. The number of para-hydroxylation sites is 1. The van der Waals surface area contributed by atoms with Gasteiger partial charge in [0.15, 0.2) is 0 Å². The first-order chi connectivity index (χ1) is 13.6. The summed E-state index contributed by atoms with van der Waals surface area (Å²) >= 11 is 0. The molecule has 0 unspecified atom stereocenters. The third-order valence-corrected chi connectivity index (χ3v) is 4.79. The highest BCUT2D eigenvalue weighted by molar-refractivity contribution is 6.46. The molecule has 28 heavy (non-hydrogen) atoms. The Kier molecular flexibility index (Phi) is 4.61. The topological polar surface area (TPSA) is 54.7 Å². The van der Waals surface area contributed by atoms with Crippen LogP contribution in [0.1, 0.15) is 11.1 Å². The number of amides is 3. The minimum absolute atomic E-state index is 0.139. The summed E-state index contributed by atoms with van der Waals surface area (Å²) in [7, 11) is 0. The van der Waals surface area contributed by atoms with Crippen LogP contribution in [-0.4, -0.2) is 33.7 Å². The first-order valence-electron chi connectivity index (χ1n) is 8.93. The SMILES string of the molecule is C=CCN1C(=O)N=C(Cc2cn(Cc3ccccc3F)c3ccccc23)C1=O. The van der Waals surface area contributed by atoms with E-state index in [1.54, 1.807) is 18.2 Å². The number of fused-ring (bicyclic) bond motifs is 1. The van der Waals surface area contributed by atoms with E-state index in [4.69, 9.17) is 0 Å². The monoisotopic (exact) mass is 375 g/mol. The molecule has 4 rings (SSSR count). The normalized spacial score (nSPS) is 14.0. The summed E-state index contributed by atoms with van der Waals surface area (Å²) in [4.78, 5) is 29.4. The number of aromatic nitrogens is 1. The predicted molar refractivity (Wildman–Crippen MR) is 106 cm³/mol. The molecule has 0 radical (unpaired) electrons. The Labute approximate surface area is 161 Å². The quantitative estimate of drug-likeness (QED) is 0.613. The average molecular weight is 375 g/mol. The van der Waals surface area contributed by atoms with Crippen LogP contribution >= 0.6 is 0 Å². The molecule has 1 aromatic heterocycles. The molecule has 3 amide bonds. The van der Waals surface area contributed by atoms with Crippen molar-refractivity contribution in [3.63, 3.8) is 0 Å². The third kappa shape index (κ3) is 3.13. The standard InChI is InChI=1S/C22H18FN3O2/c1-2-11-26-21(27)19(24-22(26)28)12-16-14-25(20-10-6-4-8-17(16)20)13-15-7-3-5-9-18(15)23/h2-10,14H,1,11-13H2. The zero-order chi connectivity index (χ0) is 19.7. The summed E-state index contributed by atoms with van der Waals surface area (Å²) in [5, 5.41) is 0.948. The Morgan fingerprint density at radius 2 is 1.79 bits per heavy atom. The molecule has 0 spiro atoms. The minimum atomic E-state index is -0.560. The maximum Gasteiger partial charge on any atom is 0.351 e. The molecule has 0 saturated heterocycles. The number of imide groups is 1. The van der Waals surface area contributed by atoms with Crippen molar-refractivity contribution < 1.29 is 14.0 Å². The van der Waals surface area contributed by atoms with E-state index in [0.29, 0.717) is 12.1 Å². The summed E-state index contributed by atoms with van der Waals surface area (Å²) in [5.74, 6) is -0.654. The number of benzene rings is 2. The van der Waals surface area contributed by atoms with Crippen molar-refractivity contribution in [2.24, 2.45) is 4.99 Å². The van der Waals surface area contributed by atoms with Crippen molar-refractivity contribution in [3.8, 4) is 0 Å². The van der Waals surface area contributed by atoms with Gasteiger partial charge in [-0.25, -0.2) is 9.18 Å². The fourth-order valence-electron chi connectivity index (χ4n) is 3.46. The number of hydrogen-bond acceptors (Lipinski definition) is 2. The second-order valence-electron chi connectivity index (χ2n) is 6.61. The molecule has 0 N–H and O–H groups in total. The van der Waals surface area contributed by atoms with Crippen LogP contribution in [0.4, 0.5) is 9.18 Å². The van der Waals surface area contributed by atoms with Gasteiger partial charge in [0.25, 0.3) is 5.91 Å². The Morgan fingerprint density at radius 3 is 2.57 bits per heavy atom. The van der Waals surface area contributed by atoms with Crippen LogP contribution < -0.4 is 0 Å². The van der Waals surface area contributed by atoms with Gasteiger partial charge in [0.1, 0.15) is 11.5 Å². The molecule has 5 nitrogen and oxygen atoms in total. The molecule has 2 heterocycles. The first-order valence-corrected chi connectivity index (χ1v) is 8.93. The molecule has 140 valence electrons. The minimum Gasteiger partial charge on any atom is -0.343 e. The van der Waals surface area contributed by atoms with Crippen LogP contribution in [-0.2, 0) is 17.8 Å². The Balaban J connectivity index is 1.68. The predicted octanol–water partition coefficient (Wildman–Crippen LogP) is 3.96. The molecule has 6 heteroatoms. The maximum atomic E-state index is 14.1. The van der Waals surface area contributed by atoms with Gasteiger partial charge >= 0.3 is 6.03 Å². The fraction of sp³-hybridized carbons (Fsp3) is 0.136. The largest absolute Gasteiger partial charge is 0.351 e. The van der Waals surface area contributed by atoms with E-state index in [-0.39, 0.29) is 24.5 Å². The number of urea groups is 1. The molecule has 3 aromatic rings. The van der Waals surface area contributed by atoms with E-state index in [1.165, 1.54) is 12.1 Å². The lowest BCUT2D eigenvalue weighted by Crippen LogP contribution is -2.33. The number of aliphatic imine (C=N–C) groups is 1. The number of halogens is 1. The fourth-order valence-corrected chi connectivity index (χ4v) is 3.46. The van der Waals surface area contributed by atoms with Gasteiger partial charge in [0.05, 0.1) is 6.54 Å². The van der Waals surface area contributed by atoms with E-state index < -0.39 is 11.9 Å². The van der Waals surface area contributed by atoms with E-state index in [0.717, 1.165) is 21.4 Å².